The third-order valence-corrected chi connectivity index (χ3v) is 4.65. The molecule has 0 fully saturated rings. The van der Waals surface area contributed by atoms with Crippen molar-refractivity contribution in [1.82, 2.24) is 5.01 Å². The second kappa shape index (κ2) is 8.75. The fourth-order valence-corrected chi connectivity index (χ4v) is 3.13. The van der Waals surface area contributed by atoms with Crippen LogP contribution < -0.4 is 14.2 Å². The predicted molar refractivity (Wildman–Crippen MR) is 105 cm³/mol. The maximum atomic E-state index is 12.9. The highest BCUT2D eigenvalue weighted by Crippen LogP contribution is 2.30. The Labute approximate surface area is 164 Å². The molecule has 148 valence electrons. The van der Waals surface area contributed by atoms with Crippen LogP contribution in [0, 0.1) is 0 Å². The first-order valence-corrected chi connectivity index (χ1v) is 8.89. The summed E-state index contributed by atoms with van der Waals surface area (Å²) in [5.74, 6) is 1.79. The Bertz CT molecular complexity index is 864. The molecule has 0 aromatic heterocycles. The predicted octanol–water partition coefficient (Wildman–Crippen LogP) is 3.04. The average Bonchev–Trinajstić information content (AvgIpc) is 3.24. The summed E-state index contributed by atoms with van der Waals surface area (Å²) in [6.07, 6.45) is -0.0697. The van der Waals surface area contributed by atoms with E-state index in [0.717, 1.165) is 22.6 Å². The fraction of sp³-hybridized carbons (Fsp3) is 0.333. The van der Waals surface area contributed by atoms with Gasteiger partial charge in [-0.1, -0.05) is 12.1 Å². The summed E-state index contributed by atoms with van der Waals surface area (Å²) >= 11 is 0. The van der Waals surface area contributed by atoms with Crippen LogP contribution >= 0.6 is 0 Å². The van der Waals surface area contributed by atoms with Gasteiger partial charge in [-0.15, -0.1) is 0 Å². The van der Waals surface area contributed by atoms with E-state index in [1.165, 1.54) is 12.1 Å². The molecule has 2 aromatic carbocycles. The molecule has 1 amide bonds. The van der Waals surface area contributed by atoms with Crippen molar-refractivity contribution in [2.75, 3.05) is 35.0 Å². The van der Waals surface area contributed by atoms with Crippen LogP contribution in [0.15, 0.2) is 47.6 Å². The maximum Gasteiger partial charge on any atom is 0.276 e. The van der Waals surface area contributed by atoms with Crippen molar-refractivity contribution < 1.29 is 23.7 Å². The van der Waals surface area contributed by atoms with E-state index >= 15 is 0 Å². The monoisotopic (exact) mass is 384 g/mol. The van der Waals surface area contributed by atoms with Crippen molar-refractivity contribution in [3.05, 3.63) is 53.6 Å². The van der Waals surface area contributed by atoms with Gasteiger partial charge in [-0.2, -0.15) is 5.10 Å². The first-order valence-electron chi connectivity index (χ1n) is 8.89. The number of ether oxygens (including phenoxy) is 4. The van der Waals surface area contributed by atoms with Crippen LogP contribution in [0.1, 0.15) is 23.7 Å². The zero-order valence-corrected chi connectivity index (χ0v) is 16.5. The molecule has 3 rings (SSSR count). The summed E-state index contributed by atoms with van der Waals surface area (Å²) in [6.45, 7) is 0.499. The Morgan fingerprint density at radius 1 is 0.964 bits per heavy atom. The number of benzene rings is 2. The summed E-state index contributed by atoms with van der Waals surface area (Å²) in [6, 6.07) is 12.8. The number of hydrazone groups is 1. The standard InChI is InChI=1S/C21H24N2O5/c1-25-16-8-5-14(6-9-16)20(28-4)21(24)23-12-11-17(22-23)15-7-10-18(26-2)19(13-15)27-3/h5-10,13,20H,11-12H2,1-4H3. The molecule has 1 atom stereocenters. The van der Waals surface area contributed by atoms with E-state index in [4.69, 9.17) is 18.9 Å². The number of amides is 1. The Morgan fingerprint density at radius 3 is 2.29 bits per heavy atom. The second-order valence-electron chi connectivity index (χ2n) is 6.22. The van der Waals surface area contributed by atoms with E-state index in [0.29, 0.717) is 24.5 Å². The van der Waals surface area contributed by atoms with E-state index in [9.17, 15) is 4.79 Å². The molecule has 2 aromatic rings. The van der Waals surface area contributed by atoms with E-state index in [-0.39, 0.29) is 5.91 Å². The molecule has 0 saturated heterocycles. The van der Waals surface area contributed by atoms with Crippen LogP contribution in [0.3, 0.4) is 0 Å². The smallest absolute Gasteiger partial charge is 0.276 e. The number of hydrogen-bond donors (Lipinski definition) is 0. The van der Waals surface area contributed by atoms with Crippen LogP contribution in [0.2, 0.25) is 0 Å². The Morgan fingerprint density at radius 2 is 1.68 bits per heavy atom. The highest BCUT2D eigenvalue weighted by molar-refractivity contribution is 6.03. The summed E-state index contributed by atoms with van der Waals surface area (Å²) in [5, 5.41) is 5.98. The van der Waals surface area contributed by atoms with Gasteiger partial charge in [0, 0.05) is 19.1 Å². The number of carbonyl (C=O) groups is 1. The molecule has 28 heavy (non-hydrogen) atoms. The summed E-state index contributed by atoms with van der Waals surface area (Å²) in [7, 11) is 6.30. The zero-order valence-electron chi connectivity index (χ0n) is 16.5. The molecule has 7 heteroatoms. The quantitative estimate of drug-likeness (QED) is 0.734. The molecule has 0 spiro atoms. The van der Waals surface area contributed by atoms with Crippen molar-refractivity contribution >= 4 is 11.6 Å². The lowest BCUT2D eigenvalue weighted by molar-refractivity contribution is -0.141. The zero-order chi connectivity index (χ0) is 20.1. The minimum Gasteiger partial charge on any atom is -0.497 e. The molecule has 0 bridgehead atoms. The van der Waals surface area contributed by atoms with E-state index < -0.39 is 6.10 Å². The third kappa shape index (κ3) is 3.94. The molecule has 0 N–H and O–H groups in total. The maximum absolute atomic E-state index is 12.9. The van der Waals surface area contributed by atoms with Gasteiger partial charge in [-0.05, 0) is 35.9 Å². The Hall–Kier alpha value is -3.06. The first-order chi connectivity index (χ1) is 13.6. The van der Waals surface area contributed by atoms with Crippen LogP contribution in [-0.4, -0.2) is 51.6 Å². The lowest BCUT2D eigenvalue weighted by Gasteiger charge is -2.20. The van der Waals surface area contributed by atoms with Crippen molar-refractivity contribution in [2.24, 2.45) is 5.10 Å². The third-order valence-electron chi connectivity index (χ3n) is 4.65. The minimum atomic E-state index is -0.723. The number of rotatable bonds is 7. The molecule has 0 saturated carbocycles. The first kappa shape index (κ1) is 19.7. The van der Waals surface area contributed by atoms with E-state index in [1.807, 2.05) is 30.3 Å². The van der Waals surface area contributed by atoms with E-state index in [1.54, 1.807) is 33.5 Å². The lowest BCUT2D eigenvalue weighted by atomic mass is 10.1. The molecule has 1 aliphatic heterocycles. The molecular formula is C21H24N2O5. The van der Waals surface area contributed by atoms with Crippen molar-refractivity contribution in [3.63, 3.8) is 0 Å². The summed E-state index contributed by atoms with van der Waals surface area (Å²) < 4.78 is 21.2. The normalized spacial score (nSPS) is 14.4. The highest BCUT2D eigenvalue weighted by atomic mass is 16.5. The minimum absolute atomic E-state index is 0.205. The number of nitrogens with zero attached hydrogens (tertiary/aromatic N) is 2. The van der Waals surface area contributed by atoms with Gasteiger partial charge in [0.25, 0.3) is 5.91 Å². The summed E-state index contributed by atoms with van der Waals surface area (Å²) in [5.41, 5.74) is 2.47. The van der Waals surface area contributed by atoms with Crippen LogP contribution in [-0.2, 0) is 9.53 Å². The van der Waals surface area contributed by atoms with Crippen LogP contribution in [0.25, 0.3) is 0 Å². The molecular weight excluding hydrogens is 360 g/mol. The van der Waals surface area contributed by atoms with E-state index in [2.05, 4.69) is 5.10 Å². The van der Waals surface area contributed by atoms with Gasteiger partial charge in [-0.25, -0.2) is 5.01 Å². The molecule has 7 nitrogen and oxygen atoms in total. The fourth-order valence-electron chi connectivity index (χ4n) is 3.13. The Kier molecular flexibility index (Phi) is 6.16. The number of carbonyl (C=O) groups excluding carboxylic acids is 1. The van der Waals surface area contributed by atoms with Crippen molar-refractivity contribution in [1.29, 1.82) is 0 Å². The van der Waals surface area contributed by atoms with Gasteiger partial charge in [0.05, 0.1) is 33.6 Å². The topological polar surface area (TPSA) is 69.6 Å². The van der Waals surface area contributed by atoms with Crippen LogP contribution in [0.5, 0.6) is 17.2 Å². The molecule has 0 radical (unpaired) electrons. The van der Waals surface area contributed by atoms with Crippen molar-refractivity contribution in [3.8, 4) is 17.2 Å². The summed E-state index contributed by atoms with van der Waals surface area (Å²) in [4.78, 5) is 12.9. The average molecular weight is 384 g/mol. The molecule has 1 heterocycles. The highest BCUT2D eigenvalue weighted by Gasteiger charge is 2.29. The van der Waals surface area contributed by atoms with Gasteiger partial charge in [0.15, 0.2) is 17.6 Å². The van der Waals surface area contributed by atoms with Gasteiger partial charge in [0.2, 0.25) is 0 Å². The van der Waals surface area contributed by atoms with Crippen molar-refractivity contribution in [2.45, 2.75) is 12.5 Å². The van der Waals surface area contributed by atoms with Gasteiger partial charge in [0.1, 0.15) is 5.75 Å². The lowest BCUT2D eigenvalue weighted by Crippen LogP contribution is -2.30. The number of hydrogen-bond acceptors (Lipinski definition) is 6. The van der Waals surface area contributed by atoms with Gasteiger partial charge >= 0.3 is 0 Å². The molecule has 0 aliphatic carbocycles. The molecule has 1 aliphatic rings. The van der Waals surface area contributed by atoms with Gasteiger partial charge < -0.3 is 18.9 Å². The SMILES string of the molecule is COc1ccc(C(OC)C(=O)N2CCC(c3ccc(OC)c(OC)c3)=N2)cc1. The second-order valence-corrected chi connectivity index (χ2v) is 6.22. The molecule has 1 unspecified atom stereocenters. The van der Waals surface area contributed by atoms with Gasteiger partial charge in [-0.3, -0.25) is 4.79 Å². The Balaban J connectivity index is 1.80. The van der Waals surface area contributed by atoms with Crippen LogP contribution in [0.4, 0.5) is 0 Å². The number of methoxy groups -OCH3 is 4. The largest absolute Gasteiger partial charge is 0.497 e.